The molecule has 0 saturated heterocycles. The molecule has 16 heavy (non-hydrogen) atoms. The van der Waals surface area contributed by atoms with Gasteiger partial charge in [0, 0.05) is 12.7 Å². The van der Waals surface area contributed by atoms with Crippen molar-refractivity contribution in [3.05, 3.63) is 46.2 Å². The van der Waals surface area contributed by atoms with Crippen LogP contribution < -0.4 is 5.73 Å². The molecule has 2 N–H and O–H groups in total. The molecule has 0 atom stereocenters. The molecule has 0 bridgehead atoms. The zero-order valence-electron chi connectivity index (χ0n) is 8.39. The normalized spacial score (nSPS) is 10.1. The second-order valence-electron chi connectivity index (χ2n) is 3.27. The minimum atomic E-state index is 0.428. The fourth-order valence-electron chi connectivity index (χ4n) is 1.43. The van der Waals surface area contributed by atoms with E-state index in [2.05, 4.69) is 27.1 Å². The van der Waals surface area contributed by atoms with Gasteiger partial charge in [-0.1, -0.05) is 6.07 Å². The zero-order valence-corrected chi connectivity index (χ0v) is 9.98. The second-order valence-corrected chi connectivity index (χ2v) is 4.19. The summed E-state index contributed by atoms with van der Waals surface area (Å²) in [4.78, 5) is 0. The number of halogens is 1. The van der Waals surface area contributed by atoms with Crippen LogP contribution in [0.5, 0.6) is 0 Å². The Morgan fingerprint density at radius 3 is 2.88 bits per heavy atom. The molecule has 0 unspecified atom stereocenters. The molecule has 80 valence electrons. The molecule has 1 heterocycles. The lowest BCUT2D eigenvalue weighted by Crippen LogP contribution is -2.01. The predicted octanol–water partition coefficient (Wildman–Crippen LogP) is 1.97. The van der Waals surface area contributed by atoms with Gasteiger partial charge in [0.15, 0.2) is 0 Å². The van der Waals surface area contributed by atoms with Gasteiger partial charge in [-0.2, -0.15) is 10.4 Å². The van der Waals surface area contributed by atoms with Crippen LogP contribution in [0.4, 0.5) is 0 Å². The van der Waals surface area contributed by atoms with Crippen molar-refractivity contribution >= 4 is 15.9 Å². The Kier molecular flexibility index (Phi) is 3.04. The third-order valence-corrected chi connectivity index (χ3v) is 2.62. The highest BCUT2D eigenvalue weighted by molar-refractivity contribution is 9.10. The molecule has 0 fully saturated rings. The monoisotopic (exact) mass is 276 g/mol. The number of benzene rings is 1. The van der Waals surface area contributed by atoms with E-state index in [0.29, 0.717) is 12.1 Å². The van der Waals surface area contributed by atoms with E-state index in [-0.39, 0.29) is 0 Å². The van der Waals surface area contributed by atoms with Crippen LogP contribution in [0.2, 0.25) is 0 Å². The first-order valence-corrected chi connectivity index (χ1v) is 5.47. The lowest BCUT2D eigenvalue weighted by atomic mass is 10.1. The summed E-state index contributed by atoms with van der Waals surface area (Å²) in [6, 6.07) is 7.67. The summed E-state index contributed by atoms with van der Waals surface area (Å²) in [5.74, 6) is 0. The predicted molar refractivity (Wildman–Crippen MR) is 63.9 cm³/mol. The molecule has 5 heteroatoms. The number of hydrogen-bond donors (Lipinski definition) is 1. The molecule has 1 aromatic carbocycles. The summed E-state index contributed by atoms with van der Waals surface area (Å²) in [7, 11) is 0. The summed E-state index contributed by atoms with van der Waals surface area (Å²) in [5.41, 5.74) is 7.79. The largest absolute Gasteiger partial charge is 0.326 e. The Morgan fingerprint density at radius 1 is 1.50 bits per heavy atom. The number of hydrogen-bond acceptors (Lipinski definition) is 3. The Morgan fingerprint density at radius 2 is 2.31 bits per heavy atom. The number of nitrogens with zero attached hydrogens (tertiary/aromatic N) is 3. The minimum absolute atomic E-state index is 0.428. The highest BCUT2D eigenvalue weighted by atomic mass is 79.9. The quantitative estimate of drug-likeness (QED) is 0.912. The first kappa shape index (κ1) is 10.9. The topological polar surface area (TPSA) is 67.6 Å². The number of rotatable bonds is 2. The SMILES string of the molecule is N#Cc1cc(CN)ccc1-n1cc(Br)cn1. The van der Waals surface area contributed by atoms with Crippen molar-refractivity contribution in [2.75, 3.05) is 0 Å². The van der Waals surface area contributed by atoms with Gasteiger partial charge >= 0.3 is 0 Å². The van der Waals surface area contributed by atoms with Gasteiger partial charge in [-0.25, -0.2) is 4.68 Å². The summed E-state index contributed by atoms with van der Waals surface area (Å²) >= 11 is 3.32. The average molecular weight is 277 g/mol. The Bertz CT molecular complexity index is 553. The molecule has 0 aliphatic carbocycles. The van der Waals surface area contributed by atoms with Gasteiger partial charge in [-0.05, 0) is 33.6 Å². The molecule has 0 saturated carbocycles. The van der Waals surface area contributed by atoms with E-state index in [1.54, 1.807) is 23.1 Å². The van der Waals surface area contributed by atoms with Crippen molar-refractivity contribution in [2.45, 2.75) is 6.54 Å². The third-order valence-electron chi connectivity index (χ3n) is 2.22. The molecule has 2 rings (SSSR count). The highest BCUT2D eigenvalue weighted by Crippen LogP contribution is 2.17. The first-order valence-electron chi connectivity index (χ1n) is 4.68. The van der Waals surface area contributed by atoms with Gasteiger partial charge in [-0.3, -0.25) is 0 Å². The van der Waals surface area contributed by atoms with Gasteiger partial charge in [0.2, 0.25) is 0 Å². The van der Waals surface area contributed by atoms with E-state index in [4.69, 9.17) is 11.0 Å². The summed E-state index contributed by atoms with van der Waals surface area (Å²) in [6.45, 7) is 0.428. The zero-order chi connectivity index (χ0) is 11.5. The van der Waals surface area contributed by atoms with Crippen LogP contribution in [-0.2, 0) is 6.54 Å². The van der Waals surface area contributed by atoms with Gasteiger partial charge < -0.3 is 5.73 Å². The Hall–Kier alpha value is -1.64. The molecule has 0 aliphatic rings. The number of nitriles is 1. The Balaban J connectivity index is 2.53. The number of nitrogens with two attached hydrogens (primary N) is 1. The fraction of sp³-hybridized carbons (Fsp3) is 0.0909. The Labute approximate surface area is 101 Å². The molecular weight excluding hydrogens is 268 g/mol. The fourth-order valence-corrected chi connectivity index (χ4v) is 1.72. The first-order chi connectivity index (χ1) is 7.74. The molecule has 0 aliphatic heterocycles. The molecule has 2 aromatic rings. The average Bonchev–Trinajstić information content (AvgIpc) is 2.74. The highest BCUT2D eigenvalue weighted by Gasteiger charge is 2.06. The van der Waals surface area contributed by atoms with Crippen LogP contribution in [0.25, 0.3) is 5.69 Å². The van der Waals surface area contributed by atoms with Gasteiger partial charge in [0.25, 0.3) is 0 Å². The number of aromatic nitrogens is 2. The van der Waals surface area contributed by atoms with E-state index in [0.717, 1.165) is 15.7 Å². The van der Waals surface area contributed by atoms with Gasteiger partial charge in [0.1, 0.15) is 6.07 Å². The van der Waals surface area contributed by atoms with Crippen molar-refractivity contribution in [2.24, 2.45) is 5.73 Å². The minimum Gasteiger partial charge on any atom is -0.326 e. The van der Waals surface area contributed by atoms with Crippen molar-refractivity contribution in [3.8, 4) is 11.8 Å². The lowest BCUT2D eigenvalue weighted by molar-refractivity contribution is 0.875. The van der Waals surface area contributed by atoms with Crippen LogP contribution in [-0.4, -0.2) is 9.78 Å². The molecule has 4 nitrogen and oxygen atoms in total. The van der Waals surface area contributed by atoms with Crippen LogP contribution in [0.15, 0.2) is 35.1 Å². The van der Waals surface area contributed by atoms with Gasteiger partial charge in [0.05, 0.1) is 21.9 Å². The summed E-state index contributed by atoms with van der Waals surface area (Å²) in [6.07, 6.45) is 3.48. The maximum Gasteiger partial charge on any atom is 0.101 e. The lowest BCUT2D eigenvalue weighted by Gasteiger charge is -2.05. The standard InChI is InChI=1S/C11H9BrN4/c12-10-6-15-16(7-10)11-2-1-8(4-13)3-9(11)5-14/h1-3,6-7H,4,13H2. The van der Waals surface area contributed by atoms with E-state index in [9.17, 15) is 0 Å². The smallest absolute Gasteiger partial charge is 0.101 e. The summed E-state index contributed by atoms with van der Waals surface area (Å²) < 4.78 is 2.53. The molecule has 1 aromatic heterocycles. The molecule has 0 amide bonds. The molecule has 0 spiro atoms. The van der Waals surface area contributed by atoms with Crippen LogP contribution >= 0.6 is 15.9 Å². The third kappa shape index (κ3) is 1.98. The molecule has 0 radical (unpaired) electrons. The van der Waals surface area contributed by atoms with E-state index < -0.39 is 0 Å². The van der Waals surface area contributed by atoms with Crippen molar-refractivity contribution < 1.29 is 0 Å². The van der Waals surface area contributed by atoms with Crippen molar-refractivity contribution in [1.29, 1.82) is 5.26 Å². The second kappa shape index (κ2) is 4.47. The molecular formula is C11H9BrN4. The van der Waals surface area contributed by atoms with Crippen LogP contribution in [0.1, 0.15) is 11.1 Å². The summed E-state index contributed by atoms with van der Waals surface area (Å²) in [5, 5.41) is 13.2. The van der Waals surface area contributed by atoms with Crippen LogP contribution in [0, 0.1) is 11.3 Å². The van der Waals surface area contributed by atoms with Crippen molar-refractivity contribution in [1.82, 2.24) is 9.78 Å². The maximum absolute atomic E-state index is 9.06. The van der Waals surface area contributed by atoms with Crippen LogP contribution in [0.3, 0.4) is 0 Å². The maximum atomic E-state index is 9.06. The van der Waals surface area contributed by atoms with E-state index >= 15 is 0 Å². The van der Waals surface area contributed by atoms with Crippen molar-refractivity contribution in [3.63, 3.8) is 0 Å². The van der Waals surface area contributed by atoms with E-state index in [1.165, 1.54) is 0 Å². The van der Waals surface area contributed by atoms with E-state index in [1.807, 2.05) is 12.1 Å². The van der Waals surface area contributed by atoms with Gasteiger partial charge in [-0.15, -0.1) is 0 Å².